The summed E-state index contributed by atoms with van der Waals surface area (Å²) < 4.78 is 58.0. The maximum atomic E-state index is 13.6. The van der Waals surface area contributed by atoms with Crippen molar-refractivity contribution >= 4 is 43.9 Å². The fourth-order valence-corrected chi connectivity index (χ4v) is 8.10. The van der Waals surface area contributed by atoms with Crippen molar-refractivity contribution in [3.8, 4) is 16.8 Å². The van der Waals surface area contributed by atoms with Crippen molar-refractivity contribution in [2.45, 2.75) is 74.9 Å². The van der Waals surface area contributed by atoms with Crippen molar-refractivity contribution in [2.24, 2.45) is 13.0 Å². The number of sulfonamides is 1. The number of anilines is 1. The average molecular weight is 605 g/mol. The number of nitrogens with zero attached hydrogens (tertiary/aromatic N) is 7. The standard InChI is InChI=1S/C26H30F2N8O3S2/c1-14(2)25(37)36-15-5-4-6-16(36)12-35(11-15)19-10-17(41(38,39)33-26(13-29)7-8-26)9-18-20(32-34(3)21(18)19)23-30-31-24(40-23)22(27)28/h9-10,14-16,22,33H,4-8,11-12H2,1-3H3. The summed E-state index contributed by atoms with van der Waals surface area (Å²) in [5.41, 5.74) is 0.353. The van der Waals surface area contributed by atoms with Gasteiger partial charge in [-0.25, -0.2) is 17.2 Å². The zero-order valence-electron chi connectivity index (χ0n) is 22.8. The zero-order valence-corrected chi connectivity index (χ0v) is 24.5. The average Bonchev–Trinajstić information content (AvgIpc) is 3.35. The molecule has 11 nitrogen and oxygen atoms in total. The van der Waals surface area contributed by atoms with Crippen LogP contribution in [0, 0.1) is 17.2 Å². The molecular formula is C26H30F2N8O3S2. The largest absolute Gasteiger partial charge is 0.366 e. The lowest BCUT2D eigenvalue weighted by Crippen LogP contribution is -2.63. The highest BCUT2D eigenvalue weighted by molar-refractivity contribution is 7.89. The third kappa shape index (κ3) is 4.85. The predicted octanol–water partition coefficient (Wildman–Crippen LogP) is 3.59. The number of hydrogen-bond acceptors (Lipinski definition) is 9. The third-order valence-electron chi connectivity index (χ3n) is 8.14. The number of piperazine rings is 1. The lowest BCUT2D eigenvalue weighted by atomic mass is 9.89. The van der Waals surface area contributed by atoms with Gasteiger partial charge in [-0.1, -0.05) is 25.2 Å². The lowest BCUT2D eigenvalue weighted by molar-refractivity contribution is -0.142. The van der Waals surface area contributed by atoms with E-state index in [9.17, 15) is 27.3 Å². The molecule has 41 heavy (non-hydrogen) atoms. The molecule has 1 N–H and O–H groups in total. The van der Waals surface area contributed by atoms with Crippen molar-refractivity contribution < 1.29 is 22.0 Å². The van der Waals surface area contributed by atoms with Crippen LogP contribution in [0.1, 0.15) is 57.4 Å². The topological polar surface area (TPSA) is 137 Å². The molecule has 0 spiro atoms. The summed E-state index contributed by atoms with van der Waals surface area (Å²) in [5, 5.41) is 21.8. The van der Waals surface area contributed by atoms with E-state index in [1.807, 2.05) is 18.7 Å². The van der Waals surface area contributed by atoms with Crippen LogP contribution in [0.5, 0.6) is 0 Å². The number of amides is 1. The molecule has 2 atom stereocenters. The normalized spacial score (nSPS) is 22.0. The molecule has 1 aromatic carbocycles. The first kappa shape index (κ1) is 27.9. The molecule has 218 valence electrons. The summed E-state index contributed by atoms with van der Waals surface area (Å²) in [7, 11) is -2.41. The second-order valence-electron chi connectivity index (χ2n) is 11.4. The summed E-state index contributed by atoms with van der Waals surface area (Å²) >= 11 is 0.706. The Morgan fingerprint density at radius 1 is 1.20 bits per heavy atom. The summed E-state index contributed by atoms with van der Waals surface area (Å²) in [6.07, 6.45) is 0.748. The van der Waals surface area contributed by atoms with Crippen LogP contribution in [0.2, 0.25) is 0 Å². The molecule has 2 aromatic heterocycles. The number of fused-ring (bicyclic) bond motifs is 3. The minimum atomic E-state index is -4.13. The van der Waals surface area contributed by atoms with Gasteiger partial charge in [0, 0.05) is 43.5 Å². The molecule has 3 aliphatic rings. The van der Waals surface area contributed by atoms with Crippen molar-refractivity contribution in [3.63, 3.8) is 0 Å². The maximum Gasteiger partial charge on any atom is 0.291 e. The van der Waals surface area contributed by atoms with Crippen LogP contribution in [0.3, 0.4) is 0 Å². The number of nitriles is 1. The number of nitrogens with one attached hydrogen (secondary N) is 1. The highest BCUT2D eigenvalue weighted by Crippen LogP contribution is 2.42. The van der Waals surface area contributed by atoms with Crippen LogP contribution >= 0.6 is 11.3 Å². The van der Waals surface area contributed by atoms with Gasteiger partial charge >= 0.3 is 0 Å². The van der Waals surface area contributed by atoms with Gasteiger partial charge in [-0.2, -0.15) is 15.1 Å². The number of alkyl halides is 2. The van der Waals surface area contributed by atoms with E-state index in [4.69, 9.17) is 0 Å². The number of aromatic nitrogens is 4. The number of carbonyl (C=O) groups is 1. The molecule has 2 unspecified atom stereocenters. The van der Waals surface area contributed by atoms with Crippen molar-refractivity contribution in [2.75, 3.05) is 18.0 Å². The number of halogens is 2. The number of carbonyl (C=O) groups excluding carboxylic acids is 1. The Kier molecular flexibility index (Phi) is 6.78. The molecule has 6 rings (SSSR count). The minimum Gasteiger partial charge on any atom is -0.366 e. The SMILES string of the molecule is CC(C)C(=O)N1C2CCCC1CN(c1cc(S(=O)(=O)NC3(C#N)CC3)cc3c(-c4nnc(C(F)F)s4)nn(C)c13)C2. The number of hydrogen-bond donors (Lipinski definition) is 1. The fourth-order valence-electron chi connectivity index (χ4n) is 5.98. The molecule has 1 aliphatic carbocycles. The van der Waals surface area contributed by atoms with Gasteiger partial charge < -0.3 is 9.80 Å². The Morgan fingerprint density at radius 3 is 2.44 bits per heavy atom. The number of benzene rings is 1. The van der Waals surface area contributed by atoms with Gasteiger partial charge in [-0.3, -0.25) is 9.48 Å². The summed E-state index contributed by atoms with van der Waals surface area (Å²) in [6, 6.07) is 5.05. The molecule has 15 heteroatoms. The second kappa shape index (κ2) is 9.95. The smallest absolute Gasteiger partial charge is 0.291 e. The first-order chi connectivity index (χ1) is 19.4. The van der Waals surface area contributed by atoms with Crippen LogP contribution in [0.15, 0.2) is 17.0 Å². The molecule has 1 saturated carbocycles. The van der Waals surface area contributed by atoms with Gasteiger partial charge in [0.25, 0.3) is 6.43 Å². The van der Waals surface area contributed by atoms with Crippen LogP contribution in [0.4, 0.5) is 14.5 Å². The van der Waals surface area contributed by atoms with Crippen molar-refractivity contribution in [1.82, 2.24) is 29.6 Å². The Morgan fingerprint density at radius 2 is 1.88 bits per heavy atom. The van der Waals surface area contributed by atoms with E-state index in [1.165, 1.54) is 6.07 Å². The summed E-state index contributed by atoms with van der Waals surface area (Å²) in [4.78, 5) is 17.2. The van der Waals surface area contributed by atoms with Gasteiger partial charge in [0.2, 0.25) is 15.9 Å². The van der Waals surface area contributed by atoms with Crippen molar-refractivity contribution in [3.05, 3.63) is 17.1 Å². The van der Waals surface area contributed by atoms with Gasteiger partial charge in [-0.05, 0) is 44.2 Å². The van der Waals surface area contributed by atoms with Crippen LogP contribution in [-0.4, -0.2) is 69.9 Å². The molecule has 2 saturated heterocycles. The van der Waals surface area contributed by atoms with E-state index < -0.39 is 27.0 Å². The number of rotatable bonds is 7. The van der Waals surface area contributed by atoms with E-state index in [0.717, 1.165) is 19.3 Å². The maximum absolute atomic E-state index is 13.6. The van der Waals surface area contributed by atoms with Crippen LogP contribution in [-0.2, 0) is 21.9 Å². The quantitative estimate of drug-likeness (QED) is 0.432. The highest BCUT2D eigenvalue weighted by atomic mass is 32.2. The van der Waals surface area contributed by atoms with Gasteiger partial charge in [0.15, 0.2) is 10.0 Å². The summed E-state index contributed by atoms with van der Waals surface area (Å²) in [5.74, 6) is -0.0133. The molecule has 3 fully saturated rings. The molecular weight excluding hydrogens is 574 g/mol. The monoisotopic (exact) mass is 604 g/mol. The fraction of sp³-hybridized carbons (Fsp3) is 0.577. The van der Waals surface area contributed by atoms with Gasteiger partial charge in [0.1, 0.15) is 11.2 Å². The van der Waals surface area contributed by atoms with Crippen LogP contribution < -0.4 is 9.62 Å². The number of aryl methyl sites for hydroxylation is 1. The van der Waals surface area contributed by atoms with E-state index >= 15 is 0 Å². The van der Waals surface area contributed by atoms with Crippen LogP contribution in [0.25, 0.3) is 21.6 Å². The Hall–Kier alpha value is -3.22. The molecule has 0 radical (unpaired) electrons. The van der Waals surface area contributed by atoms with E-state index in [1.54, 1.807) is 17.8 Å². The van der Waals surface area contributed by atoms with Gasteiger partial charge in [-0.15, -0.1) is 10.2 Å². The van der Waals surface area contributed by atoms with E-state index in [2.05, 4.69) is 31.0 Å². The molecule has 4 heterocycles. The first-order valence-electron chi connectivity index (χ1n) is 13.6. The third-order valence-corrected chi connectivity index (χ3v) is 10.6. The van der Waals surface area contributed by atoms with Crippen molar-refractivity contribution in [1.29, 1.82) is 5.26 Å². The Bertz CT molecular complexity index is 1660. The van der Waals surface area contributed by atoms with Gasteiger partial charge in [0.05, 0.1) is 22.2 Å². The second-order valence-corrected chi connectivity index (χ2v) is 14.1. The Balaban J connectivity index is 1.49. The molecule has 2 aliphatic heterocycles. The zero-order chi connectivity index (χ0) is 29.3. The molecule has 2 bridgehead atoms. The Labute approximate surface area is 240 Å². The molecule has 1 amide bonds. The molecule has 3 aromatic rings. The predicted molar refractivity (Wildman–Crippen MR) is 148 cm³/mol. The minimum absolute atomic E-state index is 0.0244. The number of piperidine rings is 1. The van der Waals surface area contributed by atoms with E-state index in [-0.39, 0.29) is 39.5 Å². The lowest BCUT2D eigenvalue weighted by Gasteiger charge is -2.51. The first-order valence-corrected chi connectivity index (χ1v) is 15.9. The highest BCUT2D eigenvalue weighted by Gasteiger charge is 2.47. The summed E-state index contributed by atoms with van der Waals surface area (Å²) in [6.45, 7) is 4.82. The van der Waals surface area contributed by atoms with E-state index in [0.29, 0.717) is 53.9 Å².